The quantitative estimate of drug-likeness (QED) is 0.779. The Morgan fingerprint density at radius 3 is 3.00 bits per heavy atom. The number of carbonyl (C=O) groups is 2. The van der Waals surface area contributed by atoms with E-state index in [9.17, 15) is 9.59 Å². The van der Waals surface area contributed by atoms with Crippen LogP contribution in [-0.2, 0) is 20.7 Å². The molecule has 8 heteroatoms. The van der Waals surface area contributed by atoms with E-state index in [0.29, 0.717) is 18.3 Å². The number of methoxy groups -OCH3 is 1. The van der Waals surface area contributed by atoms with Gasteiger partial charge >= 0.3 is 0 Å². The van der Waals surface area contributed by atoms with Crippen LogP contribution in [0.25, 0.3) is 0 Å². The van der Waals surface area contributed by atoms with Gasteiger partial charge in [-0.3, -0.25) is 9.59 Å². The minimum atomic E-state index is -0.343. The summed E-state index contributed by atoms with van der Waals surface area (Å²) in [5, 5.41) is 12.3. The van der Waals surface area contributed by atoms with Gasteiger partial charge in [0.15, 0.2) is 0 Å². The molecule has 1 fully saturated rings. The second-order valence-corrected chi connectivity index (χ2v) is 6.91. The van der Waals surface area contributed by atoms with Crippen LogP contribution in [0.15, 0.2) is 0 Å². The Hall–Kier alpha value is -1.54. The zero-order valence-electron chi connectivity index (χ0n) is 13.9. The van der Waals surface area contributed by atoms with E-state index >= 15 is 0 Å². The van der Waals surface area contributed by atoms with Gasteiger partial charge in [-0.1, -0.05) is 24.7 Å². The van der Waals surface area contributed by atoms with Gasteiger partial charge in [0.25, 0.3) is 0 Å². The molecule has 0 aliphatic carbocycles. The fourth-order valence-corrected chi connectivity index (χ4v) is 3.39. The van der Waals surface area contributed by atoms with E-state index < -0.39 is 0 Å². The molecular weight excluding hydrogens is 316 g/mol. The molecule has 23 heavy (non-hydrogen) atoms. The summed E-state index contributed by atoms with van der Waals surface area (Å²) in [7, 11) is 1.60. The first-order valence-corrected chi connectivity index (χ1v) is 8.78. The second kappa shape index (κ2) is 8.35. The van der Waals surface area contributed by atoms with Crippen molar-refractivity contribution in [2.75, 3.05) is 25.6 Å². The number of ether oxygens (including phenoxy) is 1. The van der Waals surface area contributed by atoms with Crippen LogP contribution in [0.5, 0.6) is 0 Å². The summed E-state index contributed by atoms with van der Waals surface area (Å²) in [6.45, 7) is 4.94. The number of aromatic nitrogens is 2. The van der Waals surface area contributed by atoms with E-state index in [2.05, 4.69) is 22.4 Å². The zero-order valence-corrected chi connectivity index (χ0v) is 14.7. The fraction of sp³-hybridized carbons (Fsp3) is 0.733. The van der Waals surface area contributed by atoms with E-state index in [4.69, 9.17) is 4.74 Å². The number of nitrogens with one attached hydrogen (secondary N) is 1. The highest BCUT2D eigenvalue weighted by atomic mass is 32.1. The Morgan fingerprint density at radius 2 is 2.30 bits per heavy atom. The topological polar surface area (TPSA) is 84.4 Å². The molecule has 0 saturated carbocycles. The monoisotopic (exact) mass is 340 g/mol. The zero-order chi connectivity index (χ0) is 16.8. The van der Waals surface area contributed by atoms with Crippen molar-refractivity contribution in [1.29, 1.82) is 0 Å². The number of unbranched alkanes of at least 4 members (excludes halogenated alkanes) is 1. The van der Waals surface area contributed by atoms with Crippen LogP contribution in [0.3, 0.4) is 0 Å². The molecule has 2 amide bonds. The first-order chi connectivity index (χ1) is 11.0. The van der Waals surface area contributed by atoms with Gasteiger partial charge in [-0.05, 0) is 13.3 Å². The van der Waals surface area contributed by atoms with Crippen molar-refractivity contribution in [3.63, 3.8) is 0 Å². The first-order valence-electron chi connectivity index (χ1n) is 7.96. The van der Waals surface area contributed by atoms with Crippen LogP contribution in [0, 0.1) is 5.92 Å². The number of hydrogen-bond acceptors (Lipinski definition) is 6. The normalized spacial score (nSPS) is 19.2. The molecule has 0 bridgehead atoms. The average molecular weight is 340 g/mol. The number of carbonyl (C=O) groups excluding carboxylic acids is 2. The van der Waals surface area contributed by atoms with Crippen LogP contribution < -0.4 is 5.32 Å². The number of amides is 2. The Balaban J connectivity index is 1.89. The van der Waals surface area contributed by atoms with Crippen molar-refractivity contribution >= 4 is 28.3 Å². The Bertz CT molecular complexity index is 549. The SMILES string of the molecule is CCCCc1nnc(NC(=O)[C@H]2CC(=O)N([C@@H](C)COC)C2)s1. The molecule has 2 heterocycles. The molecule has 0 aromatic carbocycles. The third kappa shape index (κ3) is 4.71. The number of rotatable bonds is 8. The van der Waals surface area contributed by atoms with Crippen molar-refractivity contribution in [1.82, 2.24) is 15.1 Å². The predicted octanol–water partition coefficient (Wildman–Crippen LogP) is 1.70. The van der Waals surface area contributed by atoms with Gasteiger partial charge < -0.3 is 15.0 Å². The fourth-order valence-electron chi connectivity index (χ4n) is 2.60. The largest absolute Gasteiger partial charge is 0.383 e. The highest BCUT2D eigenvalue weighted by molar-refractivity contribution is 7.15. The average Bonchev–Trinajstić information content (AvgIpc) is 3.12. The van der Waals surface area contributed by atoms with Crippen molar-refractivity contribution < 1.29 is 14.3 Å². The maximum Gasteiger partial charge on any atom is 0.231 e. The van der Waals surface area contributed by atoms with Crippen molar-refractivity contribution in [3.8, 4) is 0 Å². The Labute approximate surface area is 140 Å². The number of likely N-dealkylation sites (tertiary alicyclic amines) is 1. The van der Waals surface area contributed by atoms with Gasteiger partial charge in [0, 0.05) is 26.5 Å². The van der Waals surface area contributed by atoms with Crippen molar-refractivity contribution in [2.24, 2.45) is 5.92 Å². The molecule has 1 aromatic rings. The van der Waals surface area contributed by atoms with E-state index in [1.165, 1.54) is 11.3 Å². The Morgan fingerprint density at radius 1 is 1.52 bits per heavy atom. The number of aryl methyl sites for hydroxylation is 1. The molecule has 7 nitrogen and oxygen atoms in total. The lowest BCUT2D eigenvalue weighted by Crippen LogP contribution is -2.38. The van der Waals surface area contributed by atoms with Crippen LogP contribution in [-0.4, -0.2) is 53.2 Å². The summed E-state index contributed by atoms with van der Waals surface area (Å²) in [5.41, 5.74) is 0. The van der Waals surface area contributed by atoms with Crippen LogP contribution in [0.1, 0.15) is 38.1 Å². The Kier molecular flexibility index (Phi) is 6.47. The van der Waals surface area contributed by atoms with Gasteiger partial charge in [0.2, 0.25) is 16.9 Å². The third-order valence-electron chi connectivity index (χ3n) is 3.91. The van der Waals surface area contributed by atoms with Crippen molar-refractivity contribution in [2.45, 2.75) is 45.6 Å². The summed E-state index contributed by atoms with van der Waals surface area (Å²) in [6, 6.07) is -0.0209. The first kappa shape index (κ1) is 17.8. The lowest BCUT2D eigenvalue weighted by molar-refractivity contribution is -0.130. The molecule has 2 rings (SSSR count). The highest BCUT2D eigenvalue weighted by Gasteiger charge is 2.36. The summed E-state index contributed by atoms with van der Waals surface area (Å²) in [5.74, 6) is -0.510. The van der Waals surface area contributed by atoms with Gasteiger partial charge in [-0.25, -0.2) is 0 Å². The standard InChI is InChI=1S/C15H24N4O3S/c1-4-5-6-12-17-18-15(23-12)16-14(21)11-7-13(20)19(8-11)10(2)9-22-3/h10-11H,4-9H2,1-3H3,(H,16,18,21)/t10-,11-/m0/s1. The maximum atomic E-state index is 12.3. The lowest BCUT2D eigenvalue weighted by Gasteiger charge is -2.23. The molecule has 1 saturated heterocycles. The minimum absolute atomic E-state index is 0.00408. The van der Waals surface area contributed by atoms with Gasteiger partial charge in [-0.2, -0.15) is 0 Å². The number of hydrogen-bond donors (Lipinski definition) is 1. The van der Waals surface area contributed by atoms with Crippen molar-refractivity contribution in [3.05, 3.63) is 5.01 Å². The third-order valence-corrected chi connectivity index (χ3v) is 4.81. The molecule has 1 aromatic heterocycles. The van der Waals surface area contributed by atoms with E-state index in [0.717, 1.165) is 24.3 Å². The molecule has 2 atom stereocenters. The van der Waals surface area contributed by atoms with Crippen LogP contribution in [0.4, 0.5) is 5.13 Å². The number of nitrogens with zero attached hydrogens (tertiary/aromatic N) is 3. The summed E-state index contributed by atoms with van der Waals surface area (Å²) in [4.78, 5) is 26.1. The molecule has 0 spiro atoms. The molecule has 0 unspecified atom stereocenters. The van der Waals surface area contributed by atoms with E-state index in [1.54, 1.807) is 12.0 Å². The second-order valence-electron chi connectivity index (χ2n) is 5.85. The van der Waals surface area contributed by atoms with Crippen LogP contribution >= 0.6 is 11.3 Å². The minimum Gasteiger partial charge on any atom is -0.383 e. The summed E-state index contributed by atoms with van der Waals surface area (Å²) >= 11 is 1.40. The number of anilines is 1. The molecule has 1 aliphatic heterocycles. The van der Waals surface area contributed by atoms with Gasteiger partial charge in [0.05, 0.1) is 18.6 Å². The van der Waals surface area contributed by atoms with E-state index in [-0.39, 0.29) is 30.2 Å². The molecule has 1 N–H and O–H groups in total. The van der Waals surface area contributed by atoms with Gasteiger partial charge in [-0.15, -0.1) is 10.2 Å². The predicted molar refractivity (Wildman–Crippen MR) is 88.3 cm³/mol. The van der Waals surface area contributed by atoms with Gasteiger partial charge in [0.1, 0.15) is 5.01 Å². The molecular formula is C15H24N4O3S. The highest BCUT2D eigenvalue weighted by Crippen LogP contribution is 2.23. The smallest absolute Gasteiger partial charge is 0.231 e. The van der Waals surface area contributed by atoms with E-state index in [1.807, 2.05) is 6.92 Å². The molecule has 0 radical (unpaired) electrons. The summed E-state index contributed by atoms with van der Waals surface area (Å²) < 4.78 is 5.08. The van der Waals surface area contributed by atoms with Crippen LogP contribution in [0.2, 0.25) is 0 Å². The lowest BCUT2D eigenvalue weighted by atomic mass is 10.1. The molecule has 128 valence electrons. The molecule has 1 aliphatic rings. The summed E-state index contributed by atoms with van der Waals surface area (Å²) in [6.07, 6.45) is 3.28. The maximum absolute atomic E-state index is 12.3.